The van der Waals surface area contributed by atoms with Gasteiger partial charge in [0.1, 0.15) is 5.01 Å². The van der Waals surface area contributed by atoms with Crippen molar-refractivity contribution in [2.45, 2.75) is 26.3 Å². The lowest BCUT2D eigenvalue weighted by Gasteiger charge is -2.16. The summed E-state index contributed by atoms with van der Waals surface area (Å²) in [6.45, 7) is 3.86. The number of hydrogen-bond donors (Lipinski definition) is 1. The summed E-state index contributed by atoms with van der Waals surface area (Å²) in [6.07, 6.45) is 2.35. The molecule has 7 heteroatoms. The van der Waals surface area contributed by atoms with Crippen LogP contribution in [0.5, 0.6) is 0 Å². The monoisotopic (exact) mass is 346 g/mol. The summed E-state index contributed by atoms with van der Waals surface area (Å²) < 4.78 is 1.70. The zero-order chi connectivity index (χ0) is 16.4. The molecule has 1 amide bonds. The number of carbonyl (C=O) groups is 1. The Balaban J connectivity index is 1.83. The van der Waals surface area contributed by atoms with Crippen LogP contribution < -0.4 is 5.32 Å². The van der Waals surface area contributed by atoms with Crippen LogP contribution in [-0.2, 0) is 13.5 Å². The van der Waals surface area contributed by atoms with Gasteiger partial charge in [0.2, 0.25) is 0 Å². The first-order valence-corrected chi connectivity index (χ1v) is 9.09. The topological polar surface area (TPSA) is 59.8 Å². The van der Waals surface area contributed by atoms with Gasteiger partial charge in [-0.05, 0) is 36.2 Å². The van der Waals surface area contributed by atoms with Crippen molar-refractivity contribution >= 4 is 28.6 Å². The molecule has 3 aromatic rings. The maximum absolute atomic E-state index is 12.6. The van der Waals surface area contributed by atoms with Crippen molar-refractivity contribution < 1.29 is 4.79 Å². The van der Waals surface area contributed by atoms with Gasteiger partial charge in [0, 0.05) is 30.2 Å². The molecule has 0 aliphatic carbocycles. The summed E-state index contributed by atoms with van der Waals surface area (Å²) in [4.78, 5) is 17.2. The fourth-order valence-electron chi connectivity index (χ4n) is 2.33. The number of aryl methyl sites for hydroxylation is 2. The summed E-state index contributed by atoms with van der Waals surface area (Å²) in [5.41, 5.74) is 3.64. The van der Waals surface area contributed by atoms with Crippen molar-refractivity contribution in [2.24, 2.45) is 7.05 Å². The van der Waals surface area contributed by atoms with E-state index in [-0.39, 0.29) is 11.9 Å². The fourth-order valence-corrected chi connectivity index (χ4v) is 3.86. The standard InChI is InChI=1S/C16H18N4OS2/c1-10-8-23-16(18-10)14(6-12-4-5-22-9-12)19-15(21)13-7-17-20(3)11(13)2/h4-5,7-9,14H,6H2,1-3H3,(H,19,21)/t14-/m0/s1. The number of thiophene rings is 1. The summed E-state index contributed by atoms with van der Waals surface area (Å²) in [6, 6.07) is 1.95. The van der Waals surface area contributed by atoms with E-state index < -0.39 is 0 Å². The zero-order valence-electron chi connectivity index (χ0n) is 13.2. The molecule has 0 aromatic carbocycles. The molecule has 0 saturated carbocycles. The van der Waals surface area contributed by atoms with Crippen LogP contribution in [0.4, 0.5) is 0 Å². The third-order valence-corrected chi connectivity index (χ3v) is 5.55. The van der Waals surface area contributed by atoms with Crippen LogP contribution in [0.15, 0.2) is 28.4 Å². The second-order valence-electron chi connectivity index (χ2n) is 5.46. The number of rotatable bonds is 5. The van der Waals surface area contributed by atoms with Crippen LogP contribution in [0.3, 0.4) is 0 Å². The van der Waals surface area contributed by atoms with Crippen LogP contribution in [0.25, 0.3) is 0 Å². The molecule has 0 bridgehead atoms. The maximum atomic E-state index is 12.6. The van der Waals surface area contributed by atoms with Crippen molar-refractivity contribution in [3.63, 3.8) is 0 Å². The molecule has 120 valence electrons. The van der Waals surface area contributed by atoms with E-state index in [4.69, 9.17) is 0 Å². The number of amides is 1. The predicted octanol–water partition coefficient (Wildman–Crippen LogP) is 3.27. The molecule has 0 fully saturated rings. The van der Waals surface area contributed by atoms with Crippen molar-refractivity contribution in [1.29, 1.82) is 0 Å². The highest BCUT2D eigenvalue weighted by atomic mass is 32.1. The summed E-state index contributed by atoms with van der Waals surface area (Å²) in [7, 11) is 1.83. The van der Waals surface area contributed by atoms with Crippen LogP contribution in [0.2, 0.25) is 0 Å². The molecule has 0 aliphatic rings. The Labute approximate surface area is 143 Å². The molecular formula is C16H18N4OS2. The van der Waals surface area contributed by atoms with E-state index in [9.17, 15) is 4.79 Å². The Morgan fingerprint density at radius 2 is 2.22 bits per heavy atom. The Morgan fingerprint density at radius 3 is 2.78 bits per heavy atom. The second-order valence-corrected chi connectivity index (χ2v) is 7.13. The van der Waals surface area contributed by atoms with Crippen molar-refractivity contribution in [2.75, 3.05) is 0 Å². The first-order valence-electron chi connectivity index (χ1n) is 7.27. The van der Waals surface area contributed by atoms with Crippen LogP contribution in [-0.4, -0.2) is 20.7 Å². The molecule has 23 heavy (non-hydrogen) atoms. The highest BCUT2D eigenvalue weighted by Gasteiger charge is 2.21. The lowest BCUT2D eigenvalue weighted by molar-refractivity contribution is 0.0935. The van der Waals surface area contributed by atoms with E-state index in [1.54, 1.807) is 33.6 Å². The van der Waals surface area contributed by atoms with Crippen molar-refractivity contribution in [1.82, 2.24) is 20.1 Å². The largest absolute Gasteiger partial charge is 0.342 e. The Bertz CT molecular complexity index is 804. The van der Waals surface area contributed by atoms with E-state index in [0.29, 0.717) is 5.56 Å². The SMILES string of the molecule is Cc1csc([C@H](Cc2ccsc2)NC(=O)c2cnn(C)c2C)n1. The molecule has 0 spiro atoms. The number of nitrogens with zero attached hydrogens (tertiary/aromatic N) is 3. The molecule has 1 N–H and O–H groups in total. The fraction of sp³-hybridized carbons (Fsp3) is 0.312. The molecule has 0 saturated heterocycles. The molecule has 0 aliphatic heterocycles. The minimum Gasteiger partial charge on any atom is -0.342 e. The number of thiazole rings is 1. The smallest absolute Gasteiger partial charge is 0.255 e. The minimum absolute atomic E-state index is 0.108. The molecule has 1 atom stereocenters. The normalized spacial score (nSPS) is 12.3. The highest BCUT2D eigenvalue weighted by molar-refractivity contribution is 7.09. The quantitative estimate of drug-likeness (QED) is 0.771. The highest BCUT2D eigenvalue weighted by Crippen LogP contribution is 2.24. The third kappa shape index (κ3) is 3.51. The summed E-state index contributed by atoms with van der Waals surface area (Å²) >= 11 is 3.24. The molecule has 5 nitrogen and oxygen atoms in total. The molecule has 0 unspecified atom stereocenters. The first-order chi connectivity index (χ1) is 11.0. The van der Waals surface area contributed by atoms with Gasteiger partial charge in [-0.2, -0.15) is 16.4 Å². The van der Waals surface area contributed by atoms with Crippen molar-refractivity contribution in [3.8, 4) is 0 Å². The minimum atomic E-state index is -0.129. The van der Waals surface area contributed by atoms with Crippen molar-refractivity contribution in [3.05, 3.63) is 55.9 Å². The van der Waals surface area contributed by atoms with E-state index in [2.05, 4.69) is 26.8 Å². The van der Waals surface area contributed by atoms with Crippen LogP contribution in [0.1, 0.15) is 38.4 Å². The Hall–Kier alpha value is -1.99. The van der Waals surface area contributed by atoms with Gasteiger partial charge in [-0.25, -0.2) is 4.98 Å². The van der Waals surface area contributed by atoms with Gasteiger partial charge in [-0.3, -0.25) is 9.48 Å². The van der Waals surface area contributed by atoms with Crippen LogP contribution in [0, 0.1) is 13.8 Å². The average Bonchev–Trinajstić information content (AvgIpc) is 3.23. The third-order valence-electron chi connectivity index (χ3n) is 3.74. The van der Waals surface area contributed by atoms with E-state index in [0.717, 1.165) is 22.8 Å². The van der Waals surface area contributed by atoms with E-state index in [1.807, 2.05) is 31.7 Å². The number of aromatic nitrogens is 3. The molecule has 3 heterocycles. The summed E-state index contributed by atoms with van der Waals surface area (Å²) in [5, 5.41) is 14.4. The molecule has 0 radical (unpaired) electrons. The zero-order valence-corrected chi connectivity index (χ0v) is 14.9. The lowest BCUT2D eigenvalue weighted by atomic mass is 10.1. The van der Waals surface area contributed by atoms with Gasteiger partial charge < -0.3 is 5.32 Å². The second kappa shape index (κ2) is 6.64. The van der Waals surface area contributed by atoms with Gasteiger partial charge in [-0.1, -0.05) is 0 Å². The van der Waals surface area contributed by atoms with E-state index in [1.165, 1.54) is 5.56 Å². The first kappa shape index (κ1) is 15.9. The lowest BCUT2D eigenvalue weighted by Crippen LogP contribution is -2.30. The number of carbonyl (C=O) groups excluding carboxylic acids is 1. The van der Waals surface area contributed by atoms with Gasteiger partial charge in [0.05, 0.1) is 17.8 Å². The average molecular weight is 346 g/mol. The molecule has 3 aromatic heterocycles. The van der Waals surface area contributed by atoms with E-state index >= 15 is 0 Å². The number of nitrogens with one attached hydrogen (secondary N) is 1. The summed E-state index contributed by atoms with van der Waals surface area (Å²) in [5.74, 6) is -0.108. The Morgan fingerprint density at radius 1 is 1.39 bits per heavy atom. The predicted molar refractivity (Wildman–Crippen MR) is 93.0 cm³/mol. The number of hydrogen-bond acceptors (Lipinski definition) is 5. The van der Waals surface area contributed by atoms with Gasteiger partial charge in [0.25, 0.3) is 5.91 Å². The Kier molecular flexibility index (Phi) is 4.58. The maximum Gasteiger partial charge on any atom is 0.255 e. The van der Waals surface area contributed by atoms with Gasteiger partial charge in [0.15, 0.2) is 0 Å². The van der Waals surface area contributed by atoms with Gasteiger partial charge >= 0.3 is 0 Å². The van der Waals surface area contributed by atoms with Crippen LogP contribution >= 0.6 is 22.7 Å². The molecule has 3 rings (SSSR count). The molecular weight excluding hydrogens is 328 g/mol. The van der Waals surface area contributed by atoms with Gasteiger partial charge in [-0.15, -0.1) is 11.3 Å².